The van der Waals surface area contributed by atoms with Crippen LogP contribution in [0.25, 0.3) is 10.4 Å². The van der Waals surface area contributed by atoms with Crippen LogP contribution in [-0.2, 0) is 16.1 Å². The van der Waals surface area contributed by atoms with E-state index in [4.69, 9.17) is 16.3 Å². The van der Waals surface area contributed by atoms with Gasteiger partial charge in [0.15, 0.2) is 5.54 Å². The maximum atomic E-state index is 12.6. The molecular weight excluding hydrogens is 520 g/mol. The molecule has 0 bridgehead atoms. The fourth-order valence-corrected chi connectivity index (χ4v) is 6.51. The van der Waals surface area contributed by atoms with Crippen LogP contribution in [0.3, 0.4) is 0 Å². The number of carboxylic acids is 1. The minimum absolute atomic E-state index is 0.189. The Balaban J connectivity index is 1.59. The van der Waals surface area contributed by atoms with Crippen molar-refractivity contribution in [2.45, 2.75) is 31.7 Å². The van der Waals surface area contributed by atoms with Gasteiger partial charge in [0.2, 0.25) is 0 Å². The van der Waals surface area contributed by atoms with Crippen LogP contribution >= 0.6 is 22.9 Å². The Morgan fingerprint density at radius 1 is 1.22 bits per heavy atom. The highest BCUT2D eigenvalue weighted by Crippen LogP contribution is 2.60. The van der Waals surface area contributed by atoms with Gasteiger partial charge in [0.25, 0.3) is 11.3 Å². The molecule has 3 aromatic rings. The van der Waals surface area contributed by atoms with E-state index in [0.717, 1.165) is 21.3 Å². The van der Waals surface area contributed by atoms with E-state index in [1.54, 1.807) is 18.2 Å². The summed E-state index contributed by atoms with van der Waals surface area (Å²) >= 11 is 4.70. The second kappa shape index (κ2) is 11.3. The van der Waals surface area contributed by atoms with Crippen molar-refractivity contribution >= 4 is 45.2 Å². The lowest BCUT2D eigenvalue weighted by Crippen LogP contribution is -2.45. The van der Waals surface area contributed by atoms with E-state index in [9.17, 15) is 18.7 Å². The van der Waals surface area contributed by atoms with Gasteiger partial charge in [0, 0.05) is 27.9 Å². The molecule has 2 aromatic carbocycles. The lowest BCUT2D eigenvalue weighted by atomic mass is 10.0. The first-order valence-electron chi connectivity index (χ1n) is 11.7. The van der Waals surface area contributed by atoms with E-state index in [1.807, 2.05) is 42.5 Å². The maximum Gasteiger partial charge on any atom is 0.331 e. The van der Waals surface area contributed by atoms with Gasteiger partial charge in [-0.05, 0) is 54.8 Å². The van der Waals surface area contributed by atoms with Gasteiger partial charge in [0.1, 0.15) is 17.4 Å². The largest absolute Gasteiger partial charge is 0.492 e. The van der Waals surface area contributed by atoms with Crippen molar-refractivity contribution < 1.29 is 23.4 Å². The number of nitrogens with zero attached hydrogens (tertiary/aromatic N) is 1. The molecule has 0 amide bonds. The van der Waals surface area contributed by atoms with Gasteiger partial charge in [-0.1, -0.05) is 55.8 Å². The topological polar surface area (TPSA) is 99.1 Å². The summed E-state index contributed by atoms with van der Waals surface area (Å²) < 4.78 is 29.9. The Hall–Kier alpha value is -2.43. The van der Waals surface area contributed by atoms with Gasteiger partial charge in [0.05, 0.1) is 0 Å². The first kappa shape index (κ1) is 26.6. The summed E-state index contributed by atoms with van der Waals surface area (Å²) in [5, 5.41) is 14.6. The van der Waals surface area contributed by atoms with Crippen molar-refractivity contribution in [3.8, 4) is 16.2 Å². The second-order valence-electron chi connectivity index (χ2n) is 9.14. The summed E-state index contributed by atoms with van der Waals surface area (Å²) in [4.78, 5) is 13.5. The van der Waals surface area contributed by atoms with Gasteiger partial charge in [-0.15, -0.1) is 11.3 Å². The third-order valence-electron chi connectivity index (χ3n) is 6.12. The van der Waals surface area contributed by atoms with E-state index in [1.165, 1.54) is 11.3 Å². The average molecular weight is 549 g/mol. The first-order valence-corrected chi connectivity index (χ1v) is 13.9. The molecule has 36 heavy (non-hydrogen) atoms. The minimum atomic E-state index is -2.55. The van der Waals surface area contributed by atoms with Crippen molar-refractivity contribution in [3.63, 3.8) is 0 Å². The Morgan fingerprint density at radius 3 is 2.61 bits per heavy atom. The smallest absolute Gasteiger partial charge is 0.331 e. The molecule has 3 atom stereocenters. The summed E-state index contributed by atoms with van der Waals surface area (Å²) in [7, 11) is 0. The summed E-state index contributed by atoms with van der Waals surface area (Å²) in [5.41, 5.74) is 0.0476. The number of nitrogens with one attached hydrogen (secondary N) is 1. The number of rotatable bonds is 12. The van der Waals surface area contributed by atoms with Gasteiger partial charge in [-0.2, -0.15) is 0 Å². The average Bonchev–Trinajstić information content (AvgIpc) is 3.39. The van der Waals surface area contributed by atoms with Crippen molar-refractivity contribution in [1.82, 2.24) is 5.32 Å². The van der Waals surface area contributed by atoms with Gasteiger partial charge >= 0.3 is 5.97 Å². The van der Waals surface area contributed by atoms with E-state index in [-0.39, 0.29) is 6.42 Å². The number of benzene rings is 2. The molecular formula is C26H29ClN2O5S2. The molecule has 10 heteroatoms. The molecule has 4 rings (SSSR count). The number of hydrogen-bond acceptors (Lipinski definition) is 5. The van der Waals surface area contributed by atoms with Gasteiger partial charge in [-0.25, -0.2) is 13.3 Å². The molecule has 1 aliphatic rings. The first-order chi connectivity index (χ1) is 17.2. The quantitative estimate of drug-likeness (QED) is 0.200. The van der Waals surface area contributed by atoms with Crippen molar-refractivity contribution in [2.75, 3.05) is 24.0 Å². The minimum Gasteiger partial charge on any atom is -0.492 e. The van der Waals surface area contributed by atoms with E-state index in [2.05, 4.69) is 19.2 Å². The lowest BCUT2D eigenvalue weighted by Gasteiger charge is -2.27. The molecule has 7 nitrogen and oxygen atoms in total. The van der Waals surface area contributed by atoms with Gasteiger partial charge < -0.3 is 15.2 Å². The molecule has 1 heterocycles. The molecule has 1 aromatic heterocycles. The fraction of sp³-hybridized carbons (Fsp3) is 0.346. The van der Waals surface area contributed by atoms with Crippen molar-refractivity contribution in [3.05, 3.63) is 71.2 Å². The summed E-state index contributed by atoms with van der Waals surface area (Å²) in [6.07, 6.45) is 0.189. The number of carboxylic acid groups (broad SMARTS) is 1. The predicted octanol–water partition coefficient (Wildman–Crippen LogP) is 5.65. The van der Waals surface area contributed by atoms with Gasteiger partial charge in [-0.3, -0.25) is 4.55 Å². The predicted molar refractivity (Wildman–Crippen MR) is 145 cm³/mol. The molecule has 3 N–H and O–H groups in total. The van der Waals surface area contributed by atoms with Crippen LogP contribution in [0.5, 0.6) is 5.75 Å². The Bertz CT molecular complexity index is 1230. The molecule has 1 aliphatic carbocycles. The normalized spacial score (nSPS) is 19.8. The lowest BCUT2D eigenvalue weighted by molar-refractivity contribution is -0.139. The third kappa shape index (κ3) is 5.60. The number of anilines is 1. The Kier molecular flexibility index (Phi) is 8.37. The number of para-hydroxylation sites is 1. The van der Waals surface area contributed by atoms with Crippen molar-refractivity contribution in [2.24, 2.45) is 5.92 Å². The molecule has 1 saturated carbocycles. The molecule has 1 fully saturated rings. The summed E-state index contributed by atoms with van der Waals surface area (Å²) in [6.45, 7) is 6.24. The highest BCUT2D eigenvalue weighted by Gasteiger charge is 2.68. The SMILES string of the molecule is CC(C)CNCCOc1ccccc1C1CC1(C(=O)O)N(c1ccc(-c2ccc(Cl)cc2)s1)S(=O)O. The number of halogens is 1. The van der Waals surface area contributed by atoms with Crippen LogP contribution in [0.2, 0.25) is 5.02 Å². The molecule has 0 aliphatic heterocycles. The van der Waals surface area contributed by atoms with E-state index >= 15 is 0 Å². The monoisotopic (exact) mass is 548 g/mol. The number of carbonyl (C=O) groups is 1. The fourth-order valence-electron chi connectivity index (χ4n) is 4.31. The number of ether oxygens (including phenoxy) is 1. The van der Waals surface area contributed by atoms with E-state index in [0.29, 0.717) is 40.4 Å². The molecule has 0 radical (unpaired) electrons. The van der Waals surface area contributed by atoms with Crippen LogP contribution in [0.15, 0.2) is 60.7 Å². The molecule has 3 unspecified atom stereocenters. The number of thiophene rings is 1. The highest BCUT2D eigenvalue weighted by atomic mass is 35.5. The zero-order valence-electron chi connectivity index (χ0n) is 20.0. The van der Waals surface area contributed by atoms with Crippen LogP contribution < -0.4 is 14.4 Å². The molecule has 192 valence electrons. The standard InChI is InChI=1S/C26H29ClN2O5S2/c1-17(2)16-28-13-14-34-22-6-4-3-5-20(22)21-15-26(21,25(30)31)29(36(32)33)24-12-11-23(35-24)18-7-9-19(27)10-8-18/h3-12,17,21,28H,13-16H2,1-2H3,(H,30,31)(H,32,33). The maximum absolute atomic E-state index is 12.6. The second-order valence-corrected chi connectivity index (χ2v) is 11.5. The summed E-state index contributed by atoms with van der Waals surface area (Å²) in [5.74, 6) is -0.534. The van der Waals surface area contributed by atoms with Crippen LogP contribution in [0.1, 0.15) is 31.7 Å². The van der Waals surface area contributed by atoms with Crippen molar-refractivity contribution in [1.29, 1.82) is 0 Å². The zero-order valence-corrected chi connectivity index (χ0v) is 22.4. The Labute approximate surface area is 222 Å². The van der Waals surface area contributed by atoms with Crippen LogP contribution in [-0.4, -0.2) is 45.1 Å². The Morgan fingerprint density at radius 2 is 1.94 bits per heavy atom. The third-order valence-corrected chi connectivity index (χ3v) is 8.45. The molecule has 0 saturated heterocycles. The molecule has 0 spiro atoms. The number of hydrogen-bond donors (Lipinski definition) is 3. The van der Waals surface area contributed by atoms with Crippen LogP contribution in [0.4, 0.5) is 5.00 Å². The highest BCUT2D eigenvalue weighted by molar-refractivity contribution is 7.81. The number of aliphatic carboxylic acids is 1. The summed E-state index contributed by atoms with van der Waals surface area (Å²) in [6, 6.07) is 18.1. The van der Waals surface area contributed by atoms with E-state index < -0.39 is 28.7 Å². The van der Waals surface area contributed by atoms with Crippen LogP contribution in [0, 0.1) is 5.92 Å². The zero-order chi connectivity index (χ0) is 25.9.